The van der Waals surface area contributed by atoms with Crippen LogP contribution < -0.4 is 4.74 Å². The number of hydrogen-bond donors (Lipinski definition) is 1. The van der Waals surface area contributed by atoms with Crippen LogP contribution in [0.3, 0.4) is 0 Å². The Hall–Kier alpha value is -0.870. The van der Waals surface area contributed by atoms with Crippen LogP contribution in [-0.4, -0.2) is 23.6 Å². The summed E-state index contributed by atoms with van der Waals surface area (Å²) in [5, 5.41) is 10.1. The third kappa shape index (κ3) is 3.56. The highest BCUT2D eigenvalue weighted by Gasteiger charge is 2.26. The van der Waals surface area contributed by atoms with Gasteiger partial charge in [0.05, 0.1) is 11.2 Å². The summed E-state index contributed by atoms with van der Waals surface area (Å²) in [6.07, 6.45) is 0.761. The van der Waals surface area contributed by atoms with Crippen molar-refractivity contribution in [3.63, 3.8) is 0 Å². The van der Waals surface area contributed by atoms with E-state index >= 15 is 0 Å². The van der Waals surface area contributed by atoms with Crippen LogP contribution in [0.25, 0.3) is 0 Å². The summed E-state index contributed by atoms with van der Waals surface area (Å²) in [4.78, 5) is 11.0. The van der Waals surface area contributed by atoms with Gasteiger partial charge < -0.3 is 9.84 Å². The van der Waals surface area contributed by atoms with Crippen LogP contribution in [0.2, 0.25) is 0 Å². The number of hydrogen-bond acceptors (Lipinski definition) is 3. The van der Waals surface area contributed by atoms with Crippen LogP contribution >= 0.6 is 15.9 Å². The van der Waals surface area contributed by atoms with E-state index in [1.807, 2.05) is 26.8 Å². The summed E-state index contributed by atoms with van der Waals surface area (Å²) in [5.74, 6) is 0.613. The Morgan fingerprint density at radius 1 is 1.50 bits per heavy atom. The maximum atomic E-state index is 11.0. The molecule has 0 bridgehead atoms. The standard InChI is InChI=1S/C14H19BrO3/c1-9(2)14(4,17)8-18-13-10(3)5-12(15)6-11(13)7-16/h5-7,9,17H,8H2,1-4H3. The molecule has 0 spiro atoms. The quantitative estimate of drug-likeness (QED) is 0.848. The largest absolute Gasteiger partial charge is 0.490 e. The maximum Gasteiger partial charge on any atom is 0.153 e. The first-order valence-electron chi connectivity index (χ1n) is 5.88. The number of halogens is 1. The molecule has 18 heavy (non-hydrogen) atoms. The van der Waals surface area contributed by atoms with Gasteiger partial charge in [-0.3, -0.25) is 4.79 Å². The molecule has 0 aliphatic rings. The number of aryl methyl sites for hydroxylation is 1. The van der Waals surface area contributed by atoms with E-state index in [-0.39, 0.29) is 12.5 Å². The van der Waals surface area contributed by atoms with Gasteiger partial charge in [0.1, 0.15) is 12.4 Å². The Morgan fingerprint density at radius 3 is 2.61 bits per heavy atom. The maximum absolute atomic E-state index is 11.0. The Kier molecular flexibility index (Phi) is 4.93. The number of rotatable bonds is 5. The number of ether oxygens (including phenoxy) is 1. The number of aldehydes is 1. The van der Waals surface area contributed by atoms with Crippen LogP contribution in [0.5, 0.6) is 5.75 Å². The molecule has 0 saturated heterocycles. The van der Waals surface area contributed by atoms with Gasteiger partial charge in [0.25, 0.3) is 0 Å². The van der Waals surface area contributed by atoms with Gasteiger partial charge in [-0.25, -0.2) is 0 Å². The van der Waals surface area contributed by atoms with Crippen LogP contribution in [0.15, 0.2) is 16.6 Å². The van der Waals surface area contributed by atoms with Crippen molar-refractivity contribution in [2.24, 2.45) is 5.92 Å². The van der Waals surface area contributed by atoms with Gasteiger partial charge in [0, 0.05) is 4.47 Å². The minimum Gasteiger partial charge on any atom is -0.490 e. The first-order valence-corrected chi connectivity index (χ1v) is 6.67. The van der Waals surface area contributed by atoms with Gasteiger partial charge in [-0.15, -0.1) is 0 Å². The first kappa shape index (κ1) is 15.2. The van der Waals surface area contributed by atoms with E-state index in [1.54, 1.807) is 13.0 Å². The second kappa shape index (κ2) is 5.85. The van der Waals surface area contributed by atoms with Crippen molar-refractivity contribution in [1.82, 2.24) is 0 Å². The average Bonchev–Trinajstić information content (AvgIpc) is 2.26. The van der Waals surface area contributed by atoms with E-state index in [9.17, 15) is 9.90 Å². The van der Waals surface area contributed by atoms with Gasteiger partial charge in [-0.2, -0.15) is 0 Å². The monoisotopic (exact) mass is 314 g/mol. The molecule has 0 heterocycles. The number of benzene rings is 1. The third-order valence-electron chi connectivity index (χ3n) is 3.15. The van der Waals surface area contributed by atoms with Crippen molar-refractivity contribution in [3.8, 4) is 5.75 Å². The summed E-state index contributed by atoms with van der Waals surface area (Å²) in [7, 11) is 0. The molecule has 1 N–H and O–H groups in total. The molecule has 1 unspecified atom stereocenters. The van der Waals surface area contributed by atoms with Crippen molar-refractivity contribution in [3.05, 3.63) is 27.7 Å². The summed E-state index contributed by atoms with van der Waals surface area (Å²) in [6.45, 7) is 7.62. The lowest BCUT2D eigenvalue weighted by Gasteiger charge is -2.28. The third-order valence-corrected chi connectivity index (χ3v) is 3.61. The van der Waals surface area contributed by atoms with Crippen LogP contribution in [0.4, 0.5) is 0 Å². The fourth-order valence-corrected chi connectivity index (χ4v) is 2.02. The zero-order valence-electron chi connectivity index (χ0n) is 11.2. The van der Waals surface area contributed by atoms with E-state index < -0.39 is 5.60 Å². The average molecular weight is 315 g/mol. The summed E-state index contributed by atoms with van der Waals surface area (Å²) < 4.78 is 6.48. The van der Waals surface area contributed by atoms with E-state index in [0.717, 1.165) is 16.3 Å². The van der Waals surface area contributed by atoms with Gasteiger partial charge in [0.2, 0.25) is 0 Å². The van der Waals surface area contributed by atoms with Crippen molar-refractivity contribution in [2.75, 3.05) is 6.61 Å². The highest BCUT2D eigenvalue weighted by Crippen LogP contribution is 2.28. The minimum atomic E-state index is -0.917. The fraction of sp³-hybridized carbons (Fsp3) is 0.500. The van der Waals surface area contributed by atoms with Gasteiger partial charge in [-0.05, 0) is 37.5 Å². The zero-order valence-corrected chi connectivity index (χ0v) is 12.7. The summed E-state index contributed by atoms with van der Waals surface area (Å²) in [5.41, 5.74) is 0.437. The normalized spacial score (nSPS) is 14.4. The molecule has 1 atom stereocenters. The second-order valence-electron chi connectivity index (χ2n) is 5.06. The number of aliphatic hydroxyl groups is 1. The molecular formula is C14H19BrO3. The lowest BCUT2D eigenvalue weighted by molar-refractivity contribution is -0.0269. The van der Waals surface area contributed by atoms with Gasteiger partial charge in [0.15, 0.2) is 6.29 Å². The highest BCUT2D eigenvalue weighted by molar-refractivity contribution is 9.10. The summed E-state index contributed by atoms with van der Waals surface area (Å²) in [6, 6.07) is 3.59. The molecular weight excluding hydrogens is 296 g/mol. The molecule has 100 valence electrons. The van der Waals surface area contributed by atoms with E-state index in [2.05, 4.69) is 15.9 Å². The van der Waals surface area contributed by atoms with Gasteiger partial charge >= 0.3 is 0 Å². The molecule has 0 saturated carbocycles. The Morgan fingerprint density at radius 2 is 2.11 bits per heavy atom. The van der Waals surface area contributed by atoms with Crippen LogP contribution in [0.1, 0.15) is 36.7 Å². The van der Waals surface area contributed by atoms with Crippen molar-refractivity contribution < 1.29 is 14.6 Å². The molecule has 4 heteroatoms. The molecule has 0 aromatic heterocycles. The molecule has 0 aliphatic carbocycles. The summed E-state index contributed by atoms with van der Waals surface area (Å²) >= 11 is 3.34. The molecule has 1 aromatic carbocycles. The van der Waals surface area contributed by atoms with E-state index in [4.69, 9.17) is 4.74 Å². The number of carbonyl (C=O) groups is 1. The van der Waals surface area contributed by atoms with Crippen molar-refractivity contribution in [2.45, 2.75) is 33.3 Å². The van der Waals surface area contributed by atoms with Crippen molar-refractivity contribution >= 4 is 22.2 Å². The fourth-order valence-electron chi connectivity index (χ4n) is 1.43. The second-order valence-corrected chi connectivity index (χ2v) is 5.98. The van der Waals surface area contributed by atoms with E-state index in [0.29, 0.717) is 11.3 Å². The Bertz CT molecular complexity index is 439. The molecule has 0 amide bonds. The topological polar surface area (TPSA) is 46.5 Å². The predicted octanol–water partition coefficient (Wildman–Crippen LogP) is 3.36. The Balaban J connectivity index is 2.95. The molecule has 0 radical (unpaired) electrons. The van der Waals surface area contributed by atoms with E-state index in [1.165, 1.54) is 0 Å². The molecule has 1 aromatic rings. The smallest absolute Gasteiger partial charge is 0.153 e. The molecule has 3 nitrogen and oxygen atoms in total. The first-order chi connectivity index (χ1) is 8.27. The molecule has 1 rings (SSSR count). The highest BCUT2D eigenvalue weighted by atomic mass is 79.9. The number of carbonyl (C=O) groups excluding carboxylic acids is 1. The van der Waals surface area contributed by atoms with Crippen LogP contribution in [-0.2, 0) is 0 Å². The lowest BCUT2D eigenvalue weighted by Crippen LogP contribution is -2.38. The minimum absolute atomic E-state index is 0.0768. The van der Waals surface area contributed by atoms with Crippen LogP contribution in [0, 0.1) is 12.8 Å². The van der Waals surface area contributed by atoms with Crippen molar-refractivity contribution in [1.29, 1.82) is 0 Å². The Labute approximate surface area is 116 Å². The SMILES string of the molecule is Cc1cc(Br)cc(C=O)c1OCC(C)(O)C(C)C. The molecule has 0 fully saturated rings. The zero-order chi connectivity index (χ0) is 13.9. The lowest BCUT2D eigenvalue weighted by atomic mass is 9.93. The molecule has 0 aliphatic heterocycles. The van der Waals surface area contributed by atoms with Gasteiger partial charge in [-0.1, -0.05) is 29.8 Å². The predicted molar refractivity (Wildman–Crippen MR) is 75.2 cm³/mol.